The molecule has 108 valence electrons. The first-order valence-electron chi connectivity index (χ1n) is 4.52. The van der Waals surface area contributed by atoms with Gasteiger partial charge in [0.15, 0.2) is 0 Å². The van der Waals surface area contributed by atoms with Crippen LogP contribution >= 0.6 is 0 Å². The third kappa shape index (κ3) is 25.9. The molecule has 0 aliphatic rings. The van der Waals surface area contributed by atoms with E-state index < -0.39 is 20.4 Å². The zero-order chi connectivity index (χ0) is 14.3. The second-order valence-corrected chi connectivity index (χ2v) is 6.95. The average molecular weight is 299 g/mol. The molecule has 0 bridgehead atoms. The van der Waals surface area contributed by atoms with Crippen molar-refractivity contribution in [3.05, 3.63) is 0 Å². The second-order valence-electron chi connectivity index (χ2n) is 4.23. The molecule has 0 unspecified atom stereocenters. The molecule has 0 atom stereocenters. The van der Waals surface area contributed by atoms with Crippen LogP contribution in [0.15, 0.2) is 0 Å². The van der Waals surface area contributed by atoms with Gasteiger partial charge in [0, 0.05) is 6.42 Å². The molecule has 0 fully saturated rings. The third-order valence-corrected chi connectivity index (χ3v) is 2.77. The Morgan fingerprint density at radius 1 is 1.24 bits per heavy atom. The monoisotopic (exact) mass is 298 g/mol. The van der Waals surface area contributed by atoms with E-state index in [0.29, 0.717) is 6.42 Å². The zero-order valence-electron chi connectivity index (χ0n) is 10.3. The molecule has 0 radical (unpaired) electrons. The molecule has 0 spiro atoms. The van der Waals surface area contributed by atoms with E-state index in [1.54, 1.807) is 0 Å². The quantitative estimate of drug-likeness (QED) is 0.369. The fraction of sp³-hybridized carbons (Fsp3) is 1.00. The Labute approximate surface area is 103 Å². The maximum atomic E-state index is 10.9. The summed E-state index contributed by atoms with van der Waals surface area (Å²) in [6.45, 7) is 0.836. The zero-order valence-corrected chi connectivity index (χ0v) is 11.9. The Morgan fingerprint density at radius 2 is 1.59 bits per heavy atom. The Hall–Kier alpha value is -0.0000000000000000694. The van der Waals surface area contributed by atoms with E-state index >= 15 is 0 Å². The number of hydrogen-bond acceptors (Lipinski definition) is 7. The van der Waals surface area contributed by atoms with Gasteiger partial charge < -0.3 is 4.48 Å². The van der Waals surface area contributed by atoms with Crippen molar-refractivity contribution >= 4 is 10.1 Å². The summed E-state index contributed by atoms with van der Waals surface area (Å²) < 4.78 is 57.0. The third-order valence-electron chi connectivity index (χ3n) is 1.48. The summed E-state index contributed by atoms with van der Waals surface area (Å²) in [6, 6.07) is 0. The van der Waals surface area contributed by atoms with E-state index in [1.165, 1.54) is 7.11 Å². The van der Waals surface area contributed by atoms with E-state index in [4.69, 9.17) is 18.6 Å². The predicted molar refractivity (Wildman–Crippen MR) is 55.0 cm³/mol. The first kappa shape index (κ1) is 19.3. The number of rotatable bonds is 5. The van der Waals surface area contributed by atoms with Gasteiger partial charge in [-0.3, -0.25) is 4.18 Å². The SMILES string of the molecule is COS(=O)(=O)CCC[N+](C)(C)C.[O-][Cl+](O)(O)O. The first-order valence-corrected chi connectivity index (χ1v) is 7.42. The normalized spacial score (nSPS) is 13.9. The van der Waals surface area contributed by atoms with Crippen LogP contribution in [0.1, 0.15) is 6.42 Å². The molecule has 17 heavy (non-hydrogen) atoms. The fourth-order valence-electron chi connectivity index (χ4n) is 0.799. The molecule has 8 nitrogen and oxygen atoms in total. The Kier molecular flexibility index (Phi) is 8.46. The van der Waals surface area contributed by atoms with Crippen molar-refractivity contribution in [1.29, 1.82) is 0 Å². The van der Waals surface area contributed by atoms with Crippen LogP contribution in [0.4, 0.5) is 0 Å². The second kappa shape index (κ2) is 7.44. The molecule has 0 aromatic rings. The number of halogens is 1. The summed E-state index contributed by atoms with van der Waals surface area (Å²) >= 11 is 0. The molecule has 10 heteroatoms. The van der Waals surface area contributed by atoms with Crippen molar-refractivity contribution in [1.82, 2.24) is 0 Å². The topological polar surface area (TPSA) is 127 Å². The van der Waals surface area contributed by atoms with E-state index in [9.17, 15) is 8.42 Å². The Morgan fingerprint density at radius 3 is 1.82 bits per heavy atom. The average Bonchev–Trinajstić information content (AvgIpc) is 1.98. The van der Waals surface area contributed by atoms with E-state index in [1.807, 2.05) is 21.1 Å². The molecule has 0 aromatic heterocycles. The predicted octanol–water partition coefficient (Wildman–Crippen LogP) is -2.80. The molecule has 0 saturated heterocycles. The minimum atomic E-state index is -4.19. The molecule has 0 aromatic carbocycles. The van der Waals surface area contributed by atoms with E-state index in [-0.39, 0.29) is 5.75 Å². The minimum absolute atomic E-state index is 0.110. The van der Waals surface area contributed by atoms with Gasteiger partial charge in [-0.25, -0.2) is 0 Å². The standard InChI is InChI=1S/C7H18NO3S.ClH3O4/c1-8(2,3)6-5-7-12(9,10)11-4;2-1(3,4)5/h5-7H2,1-4H3;2-4H/q+1;. The summed E-state index contributed by atoms with van der Waals surface area (Å²) in [5.41, 5.74) is 0. The molecular formula is C7H21ClNO7S+. The van der Waals surface area contributed by atoms with Crippen LogP contribution in [0.2, 0.25) is 0 Å². The summed E-state index contributed by atoms with van der Waals surface area (Å²) in [5.74, 6) is 0.110. The molecule has 0 aliphatic carbocycles. The number of hydrogen-bond donors (Lipinski definition) is 3. The van der Waals surface area contributed by atoms with Gasteiger partial charge in [0.05, 0.1) is 40.6 Å². The molecule has 0 heterocycles. The fourth-order valence-corrected chi connectivity index (χ4v) is 1.45. The van der Waals surface area contributed by atoms with Gasteiger partial charge >= 0.3 is 28.9 Å². The summed E-state index contributed by atoms with van der Waals surface area (Å²) in [7, 11) is -0.169. The summed E-state index contributed by atoms with van der Waals surface area (Å²) in [5, 5.41) is 0. The van der Waals surface area contributed by atoms with Crippen LogP contribution in [0.5, 0.6) is 0 Å². The van der Waals surface area contributed by atoms with Gasteiger partial charge in [0.25, 0.3) is 10.1 Å². The first-order chi connectivity index (χ1) is 7.27. The Balaban J connectivity index is 0. The maximum absolute atomic E-state index is 10.9. The van der Waals surface area contributed by atoms with Crippen molar-refractivity contribution in [2.45, 2.75) is 6.42 Å². The van der Waals surface area contributed by atoms with Crippen LogP contribution in [0.3, 0.4) is 0 Å². The van der Waals surface area contributed by atoms with Gasteiger partial charge in [0.2, 0.25) is 0 Å². The Bertz CT molecular complexity index is 286. The van der Waals surface area contributed by atoms with Crippen molar-refractivity contribution in [2.24, 2.45) is 0 Å². The molecule has 0 aliphatic heterocycles. The molecule has 0 saturated carbocycles. The van der Waals surface area contributed by atoms with Crippen LogP contribution < -0.4 is 4.66 Å². The van der Waals surface area contributed by atoms with Crippen LogP contribution in [0.25, 0.3) is 0 Å². The van der Waals surface area contributed by atoms with Gasteiger partial charge in [0.1, 0.15) is 0 Å². The van der Waals surface area contributed by atoms with Crippen molar-refractivity contribution in [3.63, 3.8) is 0 Å². The molecule has 0 rings (SSSR count). The number of quaternary nitrogens is 1. The summed E-state index contributed by atoms with van der Waals surface area (Å²) in [4.78, 5) is 0. The van der Waals surface area contributed by atoms with Crippen LogP contribution in [-0.2, 0) is 14.3 Å². The van der Waals surface area contributed by atoms with E-state index in [0.717, 1.165) is 11.0 Å². The van der Waals surface area contributed by atoms with Gasteiger partial charge in [-0.05, 0) is 0 Å². The van der Waals surface area contributed by atoms with E-state index in [2.05, 4.69) is 4.18 Å². The van der Waals surface area contributed by atoms with Crippen LogP contribution in [-0.4, -0.2) is 67.4 Å². The molecular weight excluding hydrogens is 278 g/mol. The van der Waals surface area contributed by atoms with Crippen molar-refractivity contribution in [2.75, 3.05) is 40.6 Å². The van der Waals surface area contributed by atoms with Crippen LogP contribution in [0, 0.1) is 10.2 Å². The molecule has 3 N–H and O–H groups in total. The van der Waals surface area contributed by atoms with Gasteiger partial charge in [-0.15, -0.1) is 0 Å². The summed E-state index contributed by atoms with van der Waals surface area (Å²) in [6.07, 6.45) is 0.639. The van der Waals surface area contributed by atoms with Gasteiger partial charge in [-0.2, -0.15) is 8.42 Å². The van der Waals surface area contributed by atoms with Crippen molar-refractivity contribution < 1.29 is 46.0 Å². The molecule has 0 amide bonds. The van der Waals surface area contributed by atoms with Crippen molar-refractivity contribution in [3.8, 4) is 0 Å². The van der Waals surface area contributed by atoms with Gasteiger partial charge in [-0.1, -0.05) is 0 Å². The number of nitrogens with zero attached hydrogens (tertiary/aromatic N) is 1.